The Hall–Kier alpha value is -3.15. The van der Waals surface area contributed by atoms with Gasteiger partial charge in [-0.15, -0.1) is 0 Å². The normalized spacial score (nSPS) is 11.2. The number of pyridine rings is 1. The second-order valence-electron chi connectivity index (χ2n) is 5.29. The third-order valence-electron chi connectivity index (χ3n) is 3.57. The lowest BCUT2D eigenvalue weighted by Gasteiger charge is -2.15. The summed E-state index contributed by atoms with van der Waals surface area (Å²) in [7, 11) is 0. The molecule has 3 rings (SSSR count). The van der Waals surface area contributed by atoms with Crippen LogP contribution in [0.15, 0.2) is 72.9 Å². The molecular formula is C19H13F3N2O. The minimum atomic E-state index is -4.54. The van der Waals surface area contributed by atoms with Crippen molar-refractivity contribution >= 4 is 11.6 Å². The van der Waals surface area contributed by atoms with E-state index in [-0.39, 0.29) is 16.9 Å². The van der Waals surface area contributed by atoms with Crippen molar-refractivity contribution in [1.82, 2.24) is 4.98 Å². The molecule has 0 saturated heterocycles. The van der Waals surface area contributed by atoms with Gasteiger partial charge in [-0.05, 0) is 35.4 Å². The quantitative estimate of drug-likeness (QED) is 0.726. The molecule has 0 saturated carbocycles. The van der Waals surface area contributed by atoms with Crippen LogP contribution in [0.1, 0.15) is 16.1 Å². The van der Waals surface area contributed by atoms with E-state index in [1.165, 1.54) is 24.4 Å². The highest BCUT2D eigenvalue weighted by atomic mass is 19.4. The topological polar surface area (TPSA) is 42.0 Å². The summed E-state index contributed by atoms with van der Waals surface area (Å²) in [6.45, 7) is 0. The van der Waals surface area contributed by atoms with Crippen molar-refractivity contribution in [3.63, 3.8) is 0 Å². The van der Waals surface area contributed by atoms with E-state index in [0.717, 1.165) is 6.07 Å². The zero-order valence-corrected chi connectivity index (χ0v) is 12.9. The highest BCUT2D eigenvalue weighted by molar-refractivity contribution is 6.03. The molecule has 0 aliphatic heterocycles. The van der Waals surface area contributed by atoms with Gasteiger partial charge in [0.05, 0.1) is 5.56 Å². The molecule has 0 atom stereocenters. The molecule has 0 radical (unpaired) electrons. The second kappa shape index (κ2) is 6.76. The van der Waals surface area contributed by atoms with Crippen molar-refractivity contribution in [2.45, 2.75) is 6.18 Å². The molecule has 25 heavy (non-hydrogen) atoms. The second-order valence-corrected chi connectivity index (χ2v) is 5.29. The fourth-order valence-electron chi connectivity index (χ4n) is 2.42. The van der Waals surface area contributed by atoms with Crippen molar-refractivity contribution in [2.24, 2.45) is 0 Å². The van der Waals surface area contributed by atoms with E-state index >= 15 is 0 Å². The number of amides is 1. The molecule has 3 aromatic rings. The van der Waals surface area contributed by atoms with Crippen LogP contribution in [0.25, 0.3) is 11.1 Å². The first-order valence-electron chi connectivity index (χ1n) is 7.44. The molecule has 1 heterocycles. The van der Waals surface area contributed by atoms with Gasteiger partial charge in [-0.2, -0.15) is 13.2 Å². The predicted molar refractivity (Wildman–Crippen MR) is 89.1 cm³/mol. The zero-order chi connectivity index (χ0) is 17.9. The summed E-state index contributed by atoms with van der Waals surface area (Å²) in [6, 6.07) is 16.8. The van der Waals surface area contributed by atoms with Gasteiger partial charge < -0.3 is 5.32 Å². The number of carbonyl (C=O) groups excluding carboxylic acids is 1. The summed E-state index contributed by atoms with van der Waals surface area (Å²) in [4.78, 5) is 16.0. The summed E-state index contributed by atoms with van der Waals surface area (Å²) in [5.74, 6) is -0.568. The first-order valence-corrected chi connectivity index (χ1v) is 7.44. The summed E-state index contributed by atoms with van der Waals surface area (Å²) in [6.07, 6.45) is -3.11. The number of nitrogens with zero attached hydrogens (tertiary/aromatic N) is 1. The van der Waals surface area contributed by atoms with E-state index in [9.17, 15) is 18.0 Å². The van der Waals surface area contributed by atoms with Crippen LogP contribution >= 0.6 is 0 Å². The Kier molecular flexibility index (Phi) is 4.52. The van der Waals surface area contributed by atoms with Crippen LogP contribution in [-0.4, -0.2) is 10.9 Å². The third kappa shape index (κ3) is 3.85. The number of halogens is 3. The molecule has 2 aromatic carbocycles. The maximum absolute atomic E-state index is 13.4. The van der Waals surface area contributed by atoms with E-state index in [0.29, 0.717) is 5.56 Å². The van der Waals surface area contributed by atoms with Crippen molar-refractivity contribution in [1.29, 1.82) is 0 Å². The average molecular weight is 342 g/mol. The lowest BCUT2D eigenvalue weighted by atomic mass is 9.98. The minimum Gasteiger partial charge on any atom is -0.321 e. The van der Waals surface area contributed by atoms with Crippen molar-refractivity contribution in [3.8, 4) is 11.1 Å². The number of anilines is 1. The molecule has 0 aliphatic rings. The van der Waals surface area contributed by atoms with Gasteiger partial charge in [-0.25, -0.2) is 0 Å². The minimum absolute atomic E-state index is 0.0580. The van der Waals surface area contributed by atoms with Crippen molar-refractivity contribution in [3.05, 3.63) is 84.2 Å². The third-order valence-corrected chi connectivity index (χ3v) is 3.57. The summed E-state index contributed by atoms with van der Waals surface area (Å²) in [5.41, 5.74) is -0.107. The Morgan fingerprint density at radius 3 is 2.28 bits per heavy atom. The van der Waals surface area contributed by atoms with Crippen molar-refractivity contribution < 1.29 is 18.0 Å². The van der Waals surface area contributed by atoms with E-state index in [4.69, 9.17) is 0 Å². The Morgan fingerprint density at radius 1 is 0.920 bits per heavy atom. The fraction of sp³-hybridized carbons (Fsp3) is 0.0526. The summed E-state index contributed by atoms with van der Waals surface area (Å²) >= 11 is 0. The molecule has 0 bridgehead atoms. The Labute approximate surface area is 142 Å². The number of rotatable bonds is 3. The molecular weight excluding hydrogens is 329 g/mol. The van der Waals surface area contributed by atoms with Gasteiger partial charge in [0.25, 0.3) is 5.91 Å². The van der Waals surface area contributed by atoms with Gasteiger partial charge in [0.1, 0.15) is 5.69 Å². The van der Waals surface area contributed by atoms with E-state index < -0.39 is 17.6 Å². The average Bonchev–Trinajstić information content (AvgIpc) is 2.62. The number of nitrogens with one attached hydrogen (secondary N) is 1. The molecule has 1 amide bonds. The molecule has 126 valence electrons. The number of aromatic nitrogens is 1. The molecule has 3 nitrogen and oxygen atoms in total. The molecule has 1 N–H and O–H groups in total. The van der Waals surface area contributed by atoms with Crippen LogP contribution in [0.5, 0.6) is 0 Å². The monoisotopic (exact) mass is 342 g/mol. The number of hydrogen-bond donors (Lipinski definition) is 1. The largest absolute Gasteiger partial charge is 0.417 e. The Morgan fingerprint density at radius 2 is 1.64 bits per heavy atom. The van der Waals surface area contributed by atoms with Crippen molar-refractivity contribution in [2.75, 3.05) is 5.32 Å². The Bertz CT molecular complexity index is 878. The lowest BCUT2D eigenvalue weighted by Crippen LogP contribution is -2.15. The summed E-state index contributed by atoms with van der Waals surface area (Å²) < 4.78 is 40.3. The number of alkyl halides is 3. The highest BCUT2D eigenvalue weighted by Gasteiger charge is 2.34. The molecule has 6 heteroatoms. The van der Waals surface area contributed by atoms with Crippen LogP contribution in [0, 0.1) is 0 Å². The van der Waals surface area contributed by atoms with Crippen LogP contribution in [0.4, 0.5) is 18.9 Å². The van der Waals surface area contributed by atoms with Gasteiger partial charge >= 0.3 is 6.18 Å². The van der Waals surface area contributed by atoms with Crippen LogP contribution in [-0.2, 0) is 6.18 Å². The van der Waals surface area contributed by atoms with Gasteiger partial charge in [-0.3, -0.25) is 9.78 Å². The maximum atomic E-state index is 13.4. The van der Waals surface area contributed by atoms with Gasteiger partial charge in [0, 0.05) is 11.9 Å². The zero-order valence-electron chi connectivity index (χ0n) is 12.9. The predicted octanol–water partition coefficient (Wildman–Crippen LogP) is 5.02. The first-order chi connectivity index (χ1) is 11.9. The van der Waals surface area contributed by atoms with Crippen LogP contribution in [0.3, 0.4) is 0 Å². The van der Waals surface area contributed by atoms with E-state index in [1.54, 1.807) is 42.5 Å². The van der Waals surface area contributed by atoms with Crippen LogP contribution in [0.2, 0.25) is 0 Å². The molecule has 0 fully saturated rings. The lowest BCUT2D eigenvalue weighted by molar-refractivity contribution is -0.137. The SMILES string of the molecule is O=C(Nc1ccc(-c2ccccc2)c(C(F)(F)F)c1)c1ccccn1. The summed E-state index contributed by atoms with van der Waals surface area (Å²) in [5, 5.41) is 2.45. The molecule has 0 spiro atoms. The fourth-order valence-corrected chi connectivity index (χ4v) is 2.42. The van der Waals surface area contributed by atoms with Crippen LogP contribution < -0.4 is 5.32 Å². The molecule has 1 aromatic heterocycles. The number of hydrogen-bond acceptors (Lipinski definition) is 2. The highest BCUT2D eigenvalue weighted by Crippen LogP contribution is 2.38. The smallest absolute Gasteiger partial charge is 0.321 e. The van der Waals surface area contributed by atoms with E-state index in [1.807, 2.05) is 0 Å². The van der Waals surface area contributed by atoms with E-state index in [2.05, 4.69) is 10.3 Å². The standard InChI is InChI=1S/C19H13F3N2O/c20-19(21,22)16-12-14(24-18(25)17-8-4-5-11-23-17)9-10-15(16)13-6-2-1-3-7-13/h1-12H,(H,24,25). The number of benzene rings is 2. The molecule has 0 aliphatic carbocycles. The molecule has 0 unspecified atom stereocenters. The van der Waals surface area contributed by atoms with Gasteiger partial charge in [-0.1, -0.05) is 42.5 Å². The number of carbonyl (C=O) groups is 1. The first kappa shape index (κ1) is 16.7. The van der Waals surface area contributed by atoms with Gasteiger partial charge in [0.2, 0.25) is 0 Å². The Balaban J connectivity index is 1.96. The van der Waals surface area contributed by atoms with Gasteiger partial charge in [0.15, 0.2) is 0 Å². The maximum Gasteiger partial charge on any atom is 0.417 e.